The summed E-state index contributed by atoms with van der Waals surface area (Å²) >= 11 is 0. The van der Waals surface area contributed by atoms with E-state index in [1.165, 1.54) is 6.26 Å². The zero-order valence-corrected chi connectivity index (χ0v) is 13.7. The summed E-state index contributed by atoms with van der Waals surface area (Å²) in [6, 6.07) is 3.64. The number of nitrogens with one attached hydrogen (secondary N) is 1. The van der Waals surface area contributed by atoms with E-state index in [1.54, 1.807) is 12.4 Å². The maximum absolute atomic E-state index is 12.8. The van der Waals surface area contributed by atoms with E-state index in [0.29, 0.717) is 5.69 Å². The van der Waals surface area contributed by atoms with Gasteiger partial charge in [0.1, 0.15) is 24.1 Å². The van der Waals surface area contributed by atoms with Crippen molar-refractivity contribution in [2.45, 2.75) is 24.8 Å². The fraction of sp³-hybridized carbons (Fsp3) is 0.412. The molecular formula is C17H18N6O2. The molecule has 1 amide bonds. The van der Waals surface area contributed by atoms with Gasteiger partial charge >= 0.3 is 0 Å². The Morgan fingerprint density at radius 3 is 2.96 bits per heavy atom. The van der Waals surface area contributed by atoms with Crippen molar-refractivity contribution in [2.24, 2.45) is 0 Å². The molecule has 25 heavy (non-hydrogen) atoms. The lowest BCUT2D eigenvalue weighted by Crippen LogP contribution is -2.47. The molecule has 2 fully saturated rings. The largest absolute Gasteiger partial charge is 0.364 e. The van der Waals surface area contributed by atoms with E-state index in [0.717, 1.165) is 55.7 Å². The van der Waals surface area contributed by atoms with E-state index in [-0.39, 0.29) is 11.4 Å². The van der Waals surface area contributed by atoms with Crippen LogP contribution in [0.15, 0.2) is 35.4 Å². The van der Waals surface area contributed by atoms with E-state index in [4.69, 9.17) is 4.52 Å². The minimum atomic E-state index is -0.125. The Labute approximate surface area is 143 Å². The first-order valence-electron chi connectivity index (χ1n) is 8.52. The van der Waals surface area contributed by atoms with Crippen LogP contribution in [0.25, 0.3) is 11.0 Å². The molecule has 1 saturated carbocycles. The molecule has 1 aliphatic carbocycles. The van der Waals surface area contributed by atoms with Gasteiger partial charge in [-0.2, -0.15) is 0 Å². The van der Waals surface area contributed by atoms with Crippen LogP contribution in [0.4, 0.5) is 5.82 Å². The highest BCUT2D eigenvalue weighted by Gasteiger charge is 2.52. The van der Waals surface area contributed by atoms with E-state index >= 15 is 0 Å². The minimum Gasteiger partial charge on any atom is -0.364 e. The van der Waals surface area contributed by atoms with Crippen LogP contribution in [0.2, 0.25) is 0 Å². The maximum Gasteiger partial charge on any atom is 0.276 e. The van der Waals surface area contributed by atoms with Crippen molar-refractivity contribution in [3.63, 3.8) is 0 Å². The van der Waals surface area contributed by atoms with Crippen LogP contribution in [0, 0.1) is 0 Å². The van der Waals surface area contributed by atoms with Crippen LogP contribution in [-0.4, -0.2) is 56.1 Å². The molecule has 0 unspecified atom stereocenters. The lowest BCUT2D eigenvalue weighted by Gasteiger charge is -2.32. The van der Waals surface area contributed by atoms with E-state index < -0.39 is 0 Å². The van der Waals surface area contributed by atoms with Gasteiger partial charge in [-0.3, -0.25) is 4.79 Å². The molecule has 0 atom stereocenters. The van der Waals surface area contributed by atoms with Crippen LogP contribution in [-0.2, 0) is 0 Å². The molecule has 2 aliphatic rings. The quantitative estimate of drug-likeness (QED) is 0.766. The molecule has 3 aromatic heterocycles. The fourth-order valence-corrected chi connectivity index (χ4v) is 3.82. The van der Waals surface area contributed by atoms with Crippen LogP contribution >= 0.6 is 0 Å². The van der Waals surface area contributed by atoms with Crippen molar-refractivity contribution in [1.82, 2.24) is 25.0 Å². The first-order valence-corrected chi connectivity index (χ1v) is 8.52. The van der Waals surface area contributed by atoms with E-state index in [1.807, 2.05) is 17.2 Å². The third-order valence-corrected chi connectivity index (χ3v) is 5.23. The molecule has 3 aromatic rings. The van der Waals surface area contributed by atoms with Gasteiger partial charge in [0.15, 0.2) is 5.69 Å². The number of H-pyrrole nitrogens is 1. The highest BCUT2D eigenvalue weighted by Crippen LogP contribution is 2.45. The smallest absolute Gasteiger partial charge is 0.276 e. The Hall–Kier alpha value is -2.90. The number of aromatic amines is 1. The number of nitrogens with zero attached hydrogens (tertiary/aromatic N) is 5. The summed E-state index contributed by atoms with van der Waals surface area (Å²) in [7, 11) is 0. The van der Waals surface area contributed by atoms with Gasteiger partial charge < -0.3 is 19.3 Å². The predicted octanol–water partition coefficient (Wildman–Crippen LogP) is 1.83. The number of rotatable bonds is 2. The summed E-state index contributed by atoms with van der Waals surface area (Å²) in [5.74, 6) is 0.899. The molecule has 8 heteroatoms. The van der Waals surface area contributed by atoms with Gasteiger partial charge in [0, 0.05) is 31.9 Å². The number of hydrogen-bond acceptors (Lipinski definition) is 6. The normalized spacial score (nSPS) is 19.4. The summed E-state index contributed by atoms with van der Waals surface area (Å²) < 4.78 is 4.85. The van der Waals surface area contributed by atoms with Gasteiger partial charge in [-0.25, -0.2) is 9.97 Å². The van der Waals surface area contributed by atoms with Crippen LogP contribution in [0.3, 0.4) is 0 Å². The van der Waals surface area contributed by atoms with Crippen molar-refractivity contribution in [2.75, 3.05) is 24.5 Å². The zero-order chi connectivity index (χ0) is 16.9. The molecule has 5 rings (SSSR count). The molecular weight excluding hydrogens is 320 g/mol. The van der Waals surface area contributed by atoms with Gasteiger partial charge in [-0.05, 0) is 25.3 Å². The van der Waals surface area contributed by atoms with Crippen molar-refractivity contribution < 1.29 is 9.32 Å². The molecule has 1 saturated heterocycles. The number of aromatic nitrogens is 4. The lowest BCUT2D eigenvalue weighted by molar-refractivity contribution is 0.0659. The summed E-state index contributed by atoms with van der Waals surface area (Å²) in [5.41, 5.74) is 1.10. The Bertz CT molecular complexity index is 914. The summed E-state index contributed by atoms with van der Waals surface area (Å²) in [6.45, 7) is 2.37. The van der Waals surface area contributed by atoms with Crippen molar-refractivity contribution >= 4 is 22.8 Å². The third kappa shape index (κ3) is 2.28. The van der Waals surface area contributed by atoms with Crippen LogP contribution < -0.4 is 4.90 Å². The Morgan fingerprint density at radius 2 is 2.16 bits per heavy atom. The number of amides is 1. The lowest BCUT2D eigenvalue weighted by atomic mass is 10.2. The number of anilines is 1. The summed E-state index contributed by atoms with van der Waals surface area (Å²) in [4.78, 5) is 29.0. The molecule has 1 spiro atoms. The molecule has 0 radical (unpaired) electrons. The first kappa shape index (κ1) is 14.4. The molecule has 128 valence electrons. The topological polar surface area (TPSA) is 91.2 Å². The van der Waals surface area contributed by atoms with Gasteiger partial charge in [0.05, 0.1) is 10.9 Å². The second kappa shape index (κ2) is 5.30. The van der Waals surface area contributed by atoms with Gasteiger partial charge in [0.2, 0.25) is 0 Å². The number of fused-ring (bicyclic) bond motifs is 1. The molecule has 0 bridgehead atoms. The second-order valence-corrected chi connectivity index (χ2v) is 6.78. The average Bonchev–Trinajstić information content (AvgIpc) is 3.05. The standard InChI is InChI=1S/C17H18N6O2/c24-16(13-3-9-25-21-13)23-8-1-7-22(10-17(23)4-5-17)15-12-2-6-18-14(12)19-11-20-15/h2-3,6,9,11H,1,4-5,7-8,10H2,(H,18,19,20). The molecule has 0 aromatic carbocycles. The highest BCUT2D eigenvalue weighted by atomic mass is 16.5. The SMILES string of the molecule is O=C(c1ccon1)N1CCCN(c2ncnc3[nH]ccc23)CC12CC2. The van der Waals surface area contributed by atoms with Gasteiger partial charge in [-0.1, -0.05) is 5.16 Å². The fourth-order valence-electron chi connectivity index (χ4n) is 3.82. The molecule has 1 aliphatic heterocycles. The van der Waals surface area contributed by atoms with Gasteiger partial charge in [0.25, 0.3) is 5.91 Å². The molecule has 4 heterocycles. The summed E-state index contributed by atoms with van der Waals surface area (Å²) in [5, 5.41) is 4.84. The summed E-state index contributed by atoms with van der Waals surface area (Å²) in [6.07, 6.45) is 7.83. The monoisotopic (exact) mass is 338 g/mol. The zero-order valence-electron chi connectivity index (χ0n) is 13.7. The van der Waals surface area contributed by atoms with Crippen LogP contribution in [0.5, 0.6) is 0 Å². The average molecular weight is 338 g/mol. The Kier molecular flexibility index (Phi) is 3.06. The Balaban J connectivity index is 1.47. The second-order valence-electron chi connectivity index (χ2n) is 6.78. The number of hydrogen-bond donors (Lipinski definition) is 1. The van der Waals surface area contributed by atoms with E-state index in [9.17, 15) is 4.79 Å². The first-order chi connectivity index (χ1) is 12.3. The molecule has 8 nitrogen and oxygen atoms in total. The maximum atomic E-state index is 12.8. The van der Waals surface area contributed by atoms with Gasteiger partial charge in [-0.15, -0.1) is 0 Å². The van der Waals surface area contributed by atoms with Crippen molar-refractivity contribution in [1.29, 1.82) is 0 Å². The Morgan fingerprint density at radius 1 is 1.24 bits per heavy atom. The van der Waals surface area contributed by atoms with Crippen LogP contribution in [0.1, 0.15) is 29.8 Å². The highest BCUT2D eigenvalue weighted by molar-refractivity contribution is 5.93. The minimum absolute atomic E-state index is 0.0393. The predicted molar refractivity (Wildman–Crippen MR) is 90.2 cm³/mol. The van der Waals surface area contributed by atoms with Crippen molar-refractivity contribution in [3.8, 4) is 0 Å². The third-order valence-electron chi connectivity index (χ3n) is 5.23. The molecule has 1 N–H and O–H groups in total. The number of carbonyl (C=O) groups excluding carboxylic acids is 1. The number of carbonyl (C=O) groups is 1. The van der Waals surface area contributed by atoms with Crippen molar-refractivity contribution in [3.05, 3.63) is 36.6 Å². The van der Waals surface area contributed by atoms with E-state index in [2.05, 4.69) is 25.0 Å².